The summed E-state index contributed by atoms with van der Waals surface area (Å²) in [5.41, 5.74) is 1.04. The number of amides is 1. The van der Waals surface area contributed by atoms with Crippen molar-refractivity contribution in [3.8, 4) is 0 Å². The average Bonchev–Trinajstić information content (AvgIpc) is 3.33. The molecule has 1 unspecified atom stereocenters. The Balaban J connectivity index is 1.51. The molecule has 0 saturated heterocycles. The molecule has 3 fully saturated rings. The summed E-state index contributed by atoms with van der Waals surface area (Å²) in [6.07, 6.45) is 5.81. The van der Waals surface area contributed by atoms with E-state index in [-0.39, 0.29) is 17.6 Å². The highest BCUT2D eigenvalue weighted by atomic mass is 19.1. The van der Waals surface area contributed by atoms with E-state index in [4.69, 9.17) is 0 Å². The van der Waals surface area contributed by atoms with Gasteiger partial charge >= 0.3 is 0 Å². The van der Waals surface area contributed by atoms with Gasteiger partial charge < -0.3 is 10.6 Å². The summed E-state index contributed by atoms with van der Waals surface area (Å²) in [6, 6.07) is 5.36. The molecule has 0 radical (unpaired) electrons. The Morgan fingerprint density at radius 3 is 2.60 bits per heavy atom. The third-order valence-electron chi connectivity index (χ3n) is 4.91. The molecule has 106 valence electrons. The van der Waals surface area contributed by atoms with Crippen molar-refractivity contribution in [2.45, 2.75) is 38.1 Å². The fourth-order valence-electron chi connectivity index (χ4n) is 3.64. The summed E-state index contributed by atoms with van der Waals surface area (Å²) >= 11 is 0. The molecule has 3 aliphatic rings. The predicted octanol–water partition coefficient (Wildman–Crippen LogP) is 3.38. The number of hydrogen-bond acceptors (Lipinski definition) is 2. The number of para-hydroxylation sites is 1. The lowest BCUT2D eigenvalue weighted by Crippen LogP contribution is -2.19. The first kappa shape index (κ1) is 12.2. The van der Waals surface area contributed by atoms with E-state index in [0.29, 0.717) is 29.3 Å². The lowest BCUT2D eigenvalue weighted by Gasteiger charge is -2.14. The number of rotatable bonds is 4. The Hall–Kier alpha value is -1.58. The second-order valence-corrected chi connectivity index (χ2v) is 6.35. The van der Waals surface area contributed by atoms with Crippen LogP contribution in [0.2, 0.25) is 0 Å². The van der Waals surface area contributed by atoms with Crippen molar-refractivity contribution >= 4 is 17.3 Å². The first-order valence-corrected chi connectivity index (χ1v) is 7.60. The van der Waals surface area contributed by atoms with E-state index in [9.17, 15) is 9.18 Å². The van der Waals surface area contributed by atoms with Gasteiger partial charge in [-0.25, -0.2) is 4.39 Å². The van der Waals surface area contributed by atoms with E-state index in [1.165, 1.54) is 12.5 Å². The third-order valence-corrected chi connectivity index (χ3v) is 4.91. The lowest BCUT2D eigenvalue weighted by atomic mass is 10.1. The van der Waals surface area contributed by atoms with E-state index >= 15 is 0 Å². The molecule has 2 N–H and O–H groups in total. The molecule has 0 aliphatic heterocycles. The summed E-state index contributed by atoms with van der Waals surface area (Å²) < 4.78 is 14.0. The number of benzene rings is 1. The fourth-order valence-corrected chi connectivity index (χ4v) is 3.64. The molecular weight excluding hydrogens is 255 g/mol. The summed E-state index contributed by atoms with van der Waals surface area (Å²) in [7, 11) is 0. The molecule has 3 aliphatic carbocycles. The molecule has 20 heavy (non-hydrogen) atoms. The number of nitrogens with one attached hydrogen (secondary N) is 2. The van der Waals surface area contributed by atoms with Crippen molar-refractivity contribution in [1.29, 1.82) is 0 Å². The summed E-state index contributed by atoms with van der Waals surface area (Å²) in [5.74, 6) is 0.888. The van der Waals surface area contributed by atoms with Crippen LogP contribution in [0.25, 0.3) is 0 Å². The molecule has 1 aromatic carbocycles. The zero-order valence-electron chi connectivity index (χ0n) is 11.4. The van der Waals surface area contributed by atoms with Crippen molar-refractivity contribution in [2.75, 3.05) is 10.6 Å². The first-order valence-electron chi connectivity index (χ1n) is 7.60. The SMILES string of the molecule is O=C(Nc1c(F)cccc1NC1CC1)C1[C@H]2CCC[C@@H]12. The van der Waals surface area contributed by atoms with Gasteiger partial charge in [-0.2, -0.15) is 0 Å². The Morgan fingerprint density at radius 2 is 1.90 bits per heavy atom. The fraction of sp³-hybridized carbons (Fsp3) is 0.562. The van der Waals surface area contributed by atoms with E-state index in [2.05, 4.69) is 10.6 Å². The molecule has 1 aromatic rings. The monoisotopic (exact) mass is 274 g/mol. The van der Waals surface area contributed by atoms with Crippen molar-refractivity contribution in [3.05, 3.63) is 24.0 Å². The van der Waals surface area contributed by atoms with E-state index in [1.807, 2.05) is 6.07 Å². The minimum absolute atomic E-state index is 0.00338. The van der Waals surface area contributed by atoms with Gasteiger partial charge in [0.05, 0.1) is 5.69 Å². The summed E-state index contributed by atoms with van der Waals surface area (Å²) in [5, 5.41) is 6.11. The van der Waals surface area contributed by atoms with Crippen LogP contribution in [0.3, 0.4) is 0 Å². The highest BCUT2D eigenvalue weighted by Gasteiger charge is 2.56. The van der Waals surface area contributed by atoms with Crippen LogP contribution in [0.5, 0.6) is 0 Å². The molecule has 0 bridgehead atoms. The maximum atomic E-state index is 14.0. The zero-order chi connectivity index (χ0) is 13.7. The number of carbonyl (C=O) groups excluding carboxylic acids is 1. The minimum Gasteiger partial charge on any atom is -0.381 e. The number of anilines is 2. The highest BCUT2D eigenvalue weighted by Crippen LogP contribution is 2.57. The second-order valence-electron chi connectivity index (χ2n) is 6.35. The van der Waals surface area contributed by atoms with E-state index in [0.717, 1.165) is 25.7 Å². The van der Waals surface area contributed by atoms with Gasteiger partial charge in [0.25, 0.3) is 0 Å². The Bertz CT molecular complexity index is 545. The smallest absolute Gasteiger partial charge is 0.228 e. The number of halogens is 1. The average molecular weight is 274 g/mol. The molecule has 1 amide bonds. The van der Waals surface area contributed by atoms with Crippen LogP contribution < -0.4 is 10.6 Å². The van der Waals surface area contributed by atoms with Crippen LogP contribution in [0.1, 0.15) is 32.1 Å². The topological polar surface area (TPSA) is 41.1 Å². The maximum Gasteiger partial charge on any atom is 0.228 e. The third kappa shape index (κ3) is 2.07. The molecule has 3 atom stereocenters. The van der Waals surface area contributed by atoms with Gasteiger partial charge in [-0.05, 0) is 49.7 Å². The molecule has 4 heteroatoms. The Morgan fingerprint density at radius 1 is 1.15 bits per heavy atom. The van der Waals surface area contributed by atoms with Crippen LogP contribution in [-0.4, -0.2) is 11.9 Å². The van der Waals surface area contributed by atoms with Gasteiger partial charge in [0.15, 0.2) is 0 Å². The molecule has 0 spiro atoms. The van der Waals surface area contributed by atoms with Gasteiger partial charge in [0.2, 0.25) is 5.91 Å². The quantitative estimate of drug-likeness (QED) is 0.883. The van der Waals surface area contributed by atoms with Crippen LogP contribution in [-0.2, 0) is 4.79 Å². The standard InChI is InChI=1S/C16H19FN2O/c17-12-5-2-6-13(18-9-7-8-9)15(12)19-16(20)14-10-3-1-4-11(10)14/h2,5-6,9-11,14,18H,1,3-4,7-8H2,(H,19,20)/t10-,11+,14?. The molecule has 0 aromatic heterocycles. The van der Waals surface area contributed by atoms with Crippen molar-refractivity contribution < 1.29 is 9.18 Å². The van der Waals surface area contributed by atoms with Crippen molar-refractivity contribution in [2.24, 2.45) is 17.8 Å². The van der Waals surface area contributed by atoms with Gasteiger partial charge in [-0.1, -0.05) is 12.5 Å². The van der Waals surface area contributed by atoms with Crippen LogP contribution >= 0.6 is 0 Å². The number of fused-ring (bicyclic) bond motifs is 1. The van der Waals surface area contributed by atoms with Crippen molar-refractivity contribution in [1.82, 2.24) is 0 Å². The molecular formula is C16H19FN2O. The highest BCUT2D eigenvalue weighted by molar-refractivity contribution is 5.97. The van der Waals surface area contributed by atoms with Gasteiger partial charge in [0.1, 0.15) is 11.5 Å². The minimum atomic E-state index is -0.352. The van der Waals surface area contributed by atoms with Crippen molar-refractivity contribution in [3.63, 3.8) is 0 Å². The first-order chi connectivity index (χ1) is 9.74. The zero-order valence-corrected chi connectivity index (χ0v) is 11.4. The lowest BCUT2D eigenvalue weighted by molar-refractivity contribution is -0.118. The molecule has 4 rings (SSSR count). The summed E-state index contributed by atoms with van der Waals surface area (Å²) in [4.78, 5) is 12.3. The van der Waals surface area contributed by atoms with Crippen LogP contribution in [0.4, 0.5) is 15.8 Å². The van der Waals surface area contributed by atoms with E-state index < -0.39 is 0 Å². The summed E-state index contributed by atoms with van der Waals surface area (Å²) in [6.45, 7) is 0. The predicted molar refractivity (Wildman–Crippen MR) is 76.0 cm³/mol. The van der Waals surface area contributed by atoms with E-state index in [1.54, 1.807) is 6.07 Å². The molecule has 3 saturated carbocycles. The Kier molecular flexibility index (Phi) is 2.72. The van der Waals surface area contributed by atoms with Gasteiger partial charge in [0, 0.05) is 12.0 Å². The van der Waals surface area contributed by atoms with Gasteiger partial charge in [-0.3, -0.25) is 4.79 Å². The Labute approximate surface area is 117 Å². The number of hydrogen-bond donors (Lipinski definition) is 2. The second kappa shape index (κ2) is 4.47. The molecule has 3 nitrogen and oxygen atoms in total. The van der Waals surface area contributed by atoms with Crippen LogP contribution in [0, 0.1) is 23.6 Å². The number of carbonyl (C=O) groups is 1. The maximum absolute atomic E-state index is 14.0. The van der Waals surface area contributed by atoms with Crippen LogP contribution in [0.15, 0.2) is 18.2 Å². The molecule has 0 heterocycles. The largest absolute Gasteiger partial charge is 0.381 e. The van der Waals surface area contributed by atoms with Gasteiger partial charge in [-0.15, -0.1) is 0 Å². The normalized spacial score (nSPS) is 30.8.